The molecule has 0 unspecified atom stereocenters. The quantitative estimate of drug-likeness (QED) is 0.261. The number of carbonyl (C=O) groups excluding carboxylic acids is 1. The molecule has 4 aromatic rings. The van der Waals surface area contributed by atoms with E-state index in [2.05, 4.69) is 25.3 Å². The molecule has 44 heavy (non-hydrogen) atoms. The van der Waals surface area contributed by atoms with Crippen molar-refractivity contribution in [3.05, 3.63) is 84.5 Å². The SMILES string of the molecule is Fc1cc(N2CCNCC2)c(F)cc1-c1ncccn1.O=C(CCl)N1CCN(c2cc(F)c(-c3ncccn3)cc2F)CC1. The lowest BCUT2D eigenvalue weighted by Gasteiger charge is -2.36. The van der Waals surface area contributed by atoms with E-state index in [9.17, 15) is 22.4 Å². The third-order valence-corrected chi connectivity index (χ3v) is 7.46. The second kappa shape index (κ2) is 14.4. The van der Waals surface area contributed by atoms with Gasteiger partial charge in [-0.2, -0.15) is 0 Å². The Labute approximate surface area is 256 Å². The molecule has 4 heterocycles. The van der Waals surface area contributed by atoms with Gasteiger partial charge in [0.2, 0.25) is 5.91 Å². The van der Waals surface area contributed by atoms with Gasteiger partial charge in [0.15, 0.2) is 11.6 Å². The molecule has 0 atom stereocenters. The molecule has 1 N–H and O–H groups in total. The van der Waals surface area contributed by atoms with Crippen LogP contribution < -0.4 is 15.1 Å². The molecule has 1 amide bonds. The summed E-state index contributed by atoms with van der Waals surface area (Å²) in [5, 5.41) is 3.18. The number of rotatable bonds is 5. The van der Waals surface area contributed by atoms with Crippen molar-refractivity contribution in [2.75, 3.05) is 68.0 Å². The lowest BCUT2D eigenvalue weighted by Crippen LogP contribution is -2.49. The van der Waals surface area contributed by atoms with Crippen LogP contribution in [0.5, 0.6) is 0 Å². The Kier molecular flexibility index (Phi) is 10.2. The number of benzene rings is 2. The average Bonchev–Trinajstić information content (AvgIpc) is 3.07. The predicted molar refractivity (Wildman–Crippen MR) is 159 cm³/mol. The summed E-state index contributed by atoms with van der Waals surface area (Å²) < 4.78 is 57.2. The molecule has 9 nitrogen and oxygen atoms in total. The smallest absolute Gasteiger partial charge is 0.237 e. The summed E-state index contributed by atoms with van der Waals surface area (Å²) in [7, 11) is 0. The number of alkyl halides is 1. The van der Waals surface area contributed by atoms with Crippen LogP contribution >= 0.6 is 11.6 Å². The van der Waals surface area contributed by atoms with E-state index in [0.717, 1.165) is 25.2 Å². The molecular formula is C30H29ClF4N8O. The van der Waals surface area contributed by atoms with E-state index >= 15 is 0 Å². The summed E-state index contributed by atoms with van der Waals surface area (Å²) in [6.45, 7) is 4.55. The van der Waals surface area contributed by atoms with Crippen molar-refractivity contribution in [2.24, 2.45) is 0 Å². The second-order valence-corrected chi connectivity index (χ2v) is 10.2. The van der Waals surface area contributed by atoms with Gasteiger partial charge >= 0.3 is 0 Å². The monoisotopic (exact) mass is 628 g/mol. The van der Waals surface area contributed by atoms with Crippen molar-refractivity contribution in [2.45, 2.75) is 0 Å². The standard InChI is InChI=1S/C16H15ClF2N4O.C14H14F2N4/c17-10-15(24)23-6-4-22(5-7-23)14-9-12(18)11(8-13(14)19)16-20-2-1-3-21-16;15-11-9-13(20-6-4-17-5-7-20)12(16)8-10(11)14-18-2-1-3-19-14/h1-3,8-9H,4-7,10H2;1-3,8-9,17H,4-7H2. The minimum Gasteiger partial charge on any atom is -0.367 e. The van der Waals surface area contributed by atoms with E-state index in [-0.39, 0.29) is 40.3 Å². The first-order valence-corrected chi connectivity index (χ1v) is 14.5. The Morgan fingerprint density at radius 2 is 1.09 bits per heavy atom. The number of amides is 1. The molecule has 230 valence electrons. The number of halogens is 5. The van der Waals surface area contributed by atoms with Gasteiger partial charge in [0.05, 0.1) is 22.5 Å². The van der Waals surface area contributed by atoms with Crippen LogP contribution in [0.2, 0.25) is 0 Å². The fourth-order valence-electron chi connectivity index (χ4n) is 4.96. The lowest BCUT2D eigenvalue weighted by atomic mass is 10.1. The molecule has 2 aromatic heterocycles. The molecule has 0 radical (unpaired) electrons. The van der Waals surface area contributed by atoms with Crippen LogP contribution in [0.3, 0.4) is 0 Å². The zero-order chi connectivity index (χ0) is 31.1. The van der Waals surface area contributed by atoms with Crippen LogP contribution in [-0.2, 0) is 4.79 Å². The van der Waals surface area contributed by atoms with E-state index in [4.69, 9.17) is 11.6 Å². The Morgan fingerprint density at radius 1 is 0.659 bits per heavy atom. The third-order valence-electron chi connectivity index (χ3n) is 7.23. The first-order valence-electron chi connectivity index (χ1n) is 13.9. The fraction of sp³-hybridized carbons (Fsp3) is 0.300. The number of hydrogen-bond acceptors (Lipinski definition) is 8. The van der Waals surface area contributed by atoms with Gasteiger partial charge in [-0.05, 0) is 24.3 Å². The van der Waals surface area contributed by atoms with Crippen molar-refractivity contribution < 1.29 is 22.4 Å². The van der Waals surface area contributed by atoms with Gasteiger partial charge in [0.1, 0.15) is 29.1 Å². The number of piperazine rings is 2. The van der Waals surface area contributed by atoms with E-state index in [1.165, 1.54) is 36.9 Å². The zero-order valence-electron chi connectivity index (χ0n) is 23.6. The summed E-state index contributed by atoms with van der Waals surface area (Å²) in [5.41, 5.74) is 0.573. The molecule has 6 rings (SSSR count). The Hall–Kier alpha value is -4.36. The van der Waals surface area contributed by atoms with Crippen molar-refractivity contribution in [3.63, 3.8) is 0 Å². The molecule has 14 heteroatoms. The van der Waals surface area contributed by atoms with E-state index < -0.39 is 23.3 Å². The summed E-state index contributed by atoms with van der Waals surface area (Å²) in [5.74, 6) is -1.99. The van der Waals surface area contributed by atoms with Gasteiger partial charge in [0.25, 0.3) is 0 Å². The van der Waals surface area contributed by atoms with Gasteiger partial charge in [-0.15, -0.1) is 11.6 Å². The second-order valence-electron chi connectivity index (χ2n) is 9.95. The number of nitrogens with zero attached hydrogens (tertiary/aromatic N) is 7. The van der Waals surface area contributed by atoms with E-state index in [1.807, 2.05) is 4.90 Å². The van der Waals surface area contributed by atoms with Gasteiger partial charge in [-0.25, -0.2) is 37.5 Å². The summed E-state index contributed by atoms with van der Waals surface area (Å²) in [6.07, 6.45) is 5.95. The topological polar surface area (TPSA) is 90.4 Å². The molecule has 0 saturated carbocycles. The average molecular weight is 629 g/mol. The predicted octanol–water partition coefficient (Wildman–Crippen LogP) is 4.14. The maximum Gasteiger partial charge on any atom is 0.237 e. The number of anilines is 2. The molecular weight excluding hydrogens is 600 g/mol. The highest BCUT2D eigenvalue weighted by molar-refractivity contribution is 6.27. The molecule has 2 saturated heterocycles. The first-order chi connectivity index (χ1) is 21.4. The Balaban J connectivity index is 0.000000177. The van der Waals surface area contributed by atoms with Gasteiger partial charge in [0, 0.05) is 89.3 Å². The summed E-state index contributed by atoms with van der Waals surface area (Å²) >= 11 is 5.53. The van der Waals surface area contributed by atoms with Crippen molar-refractivity contribution >= 4 is 28.9 Å². The minimum absolute atomic E-state index is 0.0211. The molecule has 0 aliphatic carbocycles. The Bertz CT molecular complexity index is 1570. The summed E-state index contributed by atoms with van der Waals surface area (Å²) in [6, 6.07) is 7.89. The van der Waals surface area contributed by atoms with Crippen molar-refractivity contribution in [1.29, 1.82) is 0 Å². The van der Waals surface area contributed by atoms with Gasteiger partial charge < -0.3 is 20.0 Å². The van der Waals surface area contributed by atoms with Gasteiger partial charge in [-0.3, -0.25) is 4.79 Å². The number of nitrogens with one attached hydrogen (secondary N) is 1. The van der Waals surface area contributed by atoms with Gasteiger partial charge in [-0.1, -0.05) is 0 Å². The van der Waals surface area contributed by atoms with E-state index in [0.29, 0.717) is 45.0 Å². The van der Waals surface area contributed by atoms with Crippen LogP contribution in [0.15, 0.2) is 61.2 Å². The molecule has 0 spiro atoms. The molecule has 2 aliphatic heterocycles. The Morgan fingerprint density at radius 3 is 1.52 bits per heavy atom. The van der Waals surface area contributed by atoms with Crippen molar-refractivity contribution in [3.8, 4) is 22.8 Å². The highest BCUT2D eigenvalue weighted by atomic mass is 35.5. The van der Waals surface area contributed by atoms with E-state index in [1.54, 1.807) is 21.9 Å². The number of aromatic nitrogens is 4. The van der Waals surface area contributed by atoms with Crippen LogP contribution in [-0.4, -0.2) is 89.0 Å². The van der Waals surface area contributed by atoms with Crippen LogP contribution in [0.4, 0.5) is 28.9 Å². The number of carbonyl (C=O) groups is 1. The minimum atomic E-state index is -0.586. The molecule has 2 fully saturated rings. The first kappa shape index (κ1) is 31.1. The highest BCUT2D eigenvalue weighted by Gasteiger charge is 2.24. The third kappa shape index (κ3) is 7.22. The fourth-order valence-corrected chi connectivity index (χ4v) is 5.13. The van der Waals surface area contributed by atoms with Crippen LogP contribution in [0.25, 0.3) is 22.8 Å². The van der Waals surface area contributed by atoms with Crippen LogP contribution in [0, 0.1) is 23.3 Å². The number of hydrogen-bond donors (Lipinski definition) is 1. The maximum atomic E-state index is 14.5. The van der Waals surface area contributed by atoms with Crippen LogP contribution in [0.1, 0.15) is 0 Å². The normalized spacial score (nSPS) is 15.1. The maximum absolute atomic E-state index is 14.5. The molecule has 2 aromatic carbocycles. The molecule has 0 bridgehead atoms. The zero-order valence-corrected chi connectivity index (χ0v) is 24.3. The van der Waals surface area contributed by atoms with Crippen molar-refractivity contribution in [1.82, 2.24) is 30.2 Å². The molecule has 2 aliphatic rings. The highest BCUT2D eigenvalue weighted by Crippen LogP contribution is 2.29. The lowest BCUT2D eigenvalue weighted by molar-refractivity contribution is -0.128. The summed E-state index contributed by atoms with van der Waals surface area (Å²) in [4.78, 5) is 32.5. The largest absolute Gasteiger partial charge is 0.367 e.